The molecule has 3 N–H and O–H groups in total. The number of carbonyl (C=O) groups excluding carboxylic acids is 2. The van der Waals surface area contributed by atoms with Gasteiger partial charge in [0, 0.05) is 26.2 Å². The molecule has 2 amide bonds. The lowest BCUT2D eigenvalue weighted by atomic mass is 10.2. The summed E-state index contributed by atoms with van der Waals surface area (Å²) in [6.45, 7) is 7.80. The van der Waals surface area contributed by atoms with E-state index in [4.69, 9.17) is 10.5 Å². The third-order valence-corrected chi connectivity index (χ3v) is 5.16. The van der Waals surface area contributed by atoms with E-state index in [1.807, 2.05) is 27.7 Å². The lowest BCUT2D eigenvalue weighted by Gasteiger charge is -2.28. The Bertz CT molecular complexity index is 1180. The first-order valence-electron chi connectivity index (χ1n) is 11.4. The van der Waals surface area contributed by atoms with Crippen LogP contribution in [-0.4, -0.2) is 53.5 Å². The first-order chi connectivity index (χ1) is 16.4. The van der Waals surface area contributed by atoms with Crippen molar-refractivity contribution in [1.82, 2.24) is 14.5 Å². The molecule has 0 bridgehead atoms. The second-order valence-electron chi connectivity index (χ2n) is 9.20. The third kappa shape index (κ3) is 7.33. The summed E-state index contributed by atoms with van der Waals surface area (Å²) in [4.78, 5) is 55.7. The first kappa shape index (κ1) is 27.4. The normalized spacial score (nSPS) is 11.3. The van der Waals surface area contributed by atoms with E-state index in [9.17, 15) is 19.2 Å². The van der Waals surface area contributed by atoms with E-state index in [-0.39, 0.29) is 48.9 Å². The number of aromatic amines is 1. The monoisotopic (exact) mass is 485 g/mol. The van der Waals surface area contributed by atoms with Gasteiger partial charge in [0.2, 0.25) is 11.8 Å². The Morgan fingerprint density at radius 2 is 1.74 bits per heavy atom. The van der Waals surface area contributed by atoms with Crippen molar-refractivity contribution in [2.75, 3.05) is 37.9 Å². The van der Waals surface area contributed by atoms with Gasteiger partial charge in [-0.25, -0.2) is 4.79 Å². The van der Waals surface area contributed by atoms with Crippen molar-refractivity contribution >= 4 is 29.4 Å². The highest BCUT2D eigenvalue weighted by atomic mass is 16.5. The van der Waals surface area contributed by atoms with Gasteiger partial charge in [-0.2, -0.15) is 0 Å². The Labute approximate surface area is 205 Å². The van der Waals surface area contributed by atoms with E-state index < -0.39 is 17.2 Å². The molecule has 10 nitrogen and oxygen atoms in total. The maximum atomic E-state index is 13.3. The van der Waals surface area contributed by atoms with E-state index in [1.54, 1.807) is 37.5 Å². The standard InChI is InChI=1S/C25H35N5O5/c1-16(2)13-29(22-23(26)30(14-17(3)4)25(34)27-24(22)33)21(32)15-28(5)20(31)12-9-18-7-10-19(35-6)11-8-18/h7-12,16-17H,13-15,26H2,1-6H3,(H,27,33,34). The summed E-state index contributed by atoms with van der Waals surface area (Å²) in [6, 6.07) is 7.17. The molecule has 0 saturated heterocycles. The molecule has 2 rings (SSSR count). The topological polar surface area (TPSA) is 131 Å². The third-order valence-electron chi connectivity index (χ3n) is 5.16. The van der Waals surface area contributed by atoms with Crippen LogP contribution in [0.5, 0.6) is 5.75 Å². The molecule has 1 heterocycles. The van der Waals surface area contributed by atoms with Crippen molar-refractivity contribution in [2.24, 2.45) is 11.8 Å². The van der Waals surface area contributed by atoms with Gasteiger partial charge in [0.1, 0.15) is 18.1 Å². The van der Waals surface area contributed by atoms with Crippen LogP contribution in [-0.2, 0) is 16.1 Å². The zero-order chi connectivity index (χ0) is 26.3. The summed E-state index contributed by atoms with van der Waals surface area (Å²) in [5.74, 6) is -0.154. The number of ether oxygens (including phenoxy) is 1. The van der Waals surface area contributed by atoms with Gasteiger partial charge in [-0.3, -0.25) is 23.9 Å². The molecule has 1 aromatic carbocycles. The molecule has 190 valence electrons. The molecule has 0 fully saturated rings. The minimum Gasteiger partial charge on any atom is -0.497 e. The molecule has 2 aromatic rings. The average Bonchev–Trinajstić information content (AvgIpc) is 2.79. The number of nitrogens with one attached hydrogen (secondary N) is 1. The fourth-order valence-electron chi connectivity index (χ4n) is 3.44. The minimum atomic E-state index is -0.741. The van der Waals surface area contributed by atoms with Crippen LogP contribution in [0.3, 0.4) is 0 Å². The lowest BCUT2D eigenvalue weighted by Crippen LogP contribution is -2.46. The maximum Gasteiger partial charge on any atom is 0.330 e. The average molecular weight is 486 g/mol. The Morgan fingerprint density at radius 1 is 1.11 bits per heavy atom. The van der Waals surface area contributed by atoms with Crippen molar-refractivity contribution in [3.8, 4) is 5.75 Å². The van der Waals surface area contributed by atoms with Gasteiger partial charge in [-0.05, 0) is 35.6 Å². The number of rotatable bonds is 10. The summed E-state index contributed by atoms with van der Waals surface area (Å²) >= 11 is 0. The molecule has 0 aliphatic heterocycles. The van der Waals surface area contributed by atoms with Crippen molar-refractivity contribution in [3.05, 3.63) is 56.7 Å². The molecule has 1 aromatic heterocycles. The Hall–Kier alpha value is -3.82. The van der Waals surface area contributed by atoms with Gasteiger partial charge >= 0.3 is 5.69 Å². The number of nitrogens with two attached hydrogens (primary N) is 1. The summed E-state index contributed by atoms with van der Waals surface area (Å²) < 4.78 is 6.38. The number of nitrogens with zero attached hydrogens (tertiary/aromatic N) is 3. The molecule has 0 aliphatic carbocycles. The van der Waals surface area contributed by atoms with Crippen molar-refractivity contribution in [2.45, 2.75) is 34.2 Å². The molecule has 0 saturated carbocycles. The van der Waals surface area contributed by atoms with E-state index in [2.05, 4.69) is 4.98 Å². The van der Waals surface area contributed by atoms with Crippen LogP contribution < -0.4 is 26.6 Å². The first-order valence-corrected chi connectivity index (χ1v) is 11.4. The number of aromatic nitrogens is 2. The van der Waals surface area contributed by atoms with Crippen LogP contribution in [0.1, 0.15) is 33.3 Å². The number of nitrogen functional groups attached to an aromatic ring is 1. The predicted octanol–water partition coefficient (Wildman–Crippen LogP) is 1.94. The van der Waals surface area contributed by atoms with Gasteiger partial charge in [0.25, 0.3) is 5.56 Å². The molecular formula is C25H35N5O5. The molecule has 0 spiro atoms. The van der Waals surface area contributed by atoms with Gasteiger partial charge in [-0.1, -0.05) is 39.8 Å². The fraction of sp³-hybridized carbons (Fsp3) is 0.440. The highest BCUT2D eigenvalue weighted by Gasteiger charge is 2.26. The Morgan fingerprint density at radius 3 is 2.29 bits per heavy atom. The number of likely N-dealkylation sites (N-methyl/N-ethyl adjacent to an activating group) is 1. The molecule has 35 heavy (non-hydrogen) atoms. The number of hydrogen-bond donors (Lipinski definition) is 2. The van der Waals surface area contributed by atoms with Crippen LogP contribution >= 0.6 is 0 Å². The molecule has 10 heteroatoms. The largest absolute Gasteiger partial charge is 0.497 e. The second kappa shape index (κ2) is 12.0. The summed E-state index contributed by atoms with van der Waals surface area (Å²) in [7, 11) is 3.07. The predicted molar refractivity (Wildman–Crippen MR) is 137 cm³/mol. The van der Waals surface area contributed by atoms with Gasteiger partial charge in [0.15, 0.2) is 5.69 Å². The zero-order valence-corrected chi connectivity index (χ0v) is 21.2. The van der Waals surface area contributed by atoms with Gasteiger partial charge in [-0.15, -0.1) is 0 Å². The Balaban J connectivity index is 2.28. The van der Waals surface area contributed by atoms with E-state index in [0.717, 1.165) is 5.56 Å². The minimum absolute atomic E-state index is 0.000739. The van der Waals surface area contributed by atoms with E-state index in [0.29, 0.717) is 5.75 Å². The fourth-order valence-corrected chi connectivity index (χ4v) is 3.44. The molecule has 0 radical (unpaired) electrons. The van der Waals surface area contributed by atoms with Crippen LogP contribution in [0.4, 0.5) is 11.5 Å². The quantitative estimate of drug-likeness (QED) is 0.495. The second-order valence-corrected chi connectivity index (χ2v) is 9.20. The summed E-state index contributed by atoms with van der Waals surface area (Å²) in [6.07, 6.45) is 3.00. The zero-order valence-electron chi connectivity index (χ0n) is 21.2. The summed E-state index contributed by atoms with van der Waals surface area (Å²) in [5, 5.41) is 0. The molecule has 0 aliphatic rings. The Kier molecular flexibility index (Phi) is 9.44. The van der Waals surface area contributed by atoms with Crippen LogP contribution in [0, 0.1) is 11.8 Å². The number of amides is 2. The molecule has 0 atom stereocenters. The highest BCUT2D eigenvalue weighted by Crippen LogP contribution is 2.20. The summed E-state index contributed by atoms with van der Waals surface area (Å²) in [5.41, 5.74) is 5.57. The van der Waals surface area contributed by atoms with Gasteiger partial charge in [0.05, 0.1) is 7.11 Å². The SMILES string of the molecule is COc1ccc(C=CC(=O)N(C)CC(=O)N(CC(C)C)c2c(N)n(CC(C)C)c(=O)[nH]c2=O)cc1. The lowest BCUT2D eigenvalue weighted by molar-refractivity contribution is -0.130. The van der Waals surface area contributed by atoms with Crippen LogP contribution in [0.15, 0.2) is 39.9 Å². The maximum absolute atomic E-state index is 13.3. The smallest absolute Gasteiger partial charge is 0.330 e. The number of H-pyrrole nitrogens is 1. The van der Waals surface area contributed by atoms with Crippen LogP contribution in [0.25, 0.3) is 6.08 Å². The van der Waals surface area contributed by atoms with E-state index in [1.165, 1.54) is 27.5 Å². The van der Waals surface area contributed by atoms with Crippen molar-refractivity contribution < 1.29 is 14.3 Å². The van der Waals surface area contributed by atoms with Gasteiger partial charge < -0.3 is 20.3 Å². The number of carbonyl (C=O) groups is 2. The number of benzene rings is 1. The van der Waals surface area contributed by atoms with Crippen molar-refractivity contribution in [1.29, 1.82) is 0 Å². The number of anilines is 2. The van der Waals surface area contributed by atoms with E-state index >= 15 is 0 Å². The number of methoxy groups -OCH3 is 1. The molecular weight excluding hydrogens is 450 g/mol. The molecule has 0 unspecified atom stereocenters. The van der Waals surface area contributed by atoms with Crippen molar-refractivity contribution in [3.63, 3.8) is 0 Å². The van der Waals surface area contributed by atoms with Crippen LogP contribution in [0.2, 0.25) is 0 Å². The number of hydrogen-bond acceptors (Lipinski definition) is 6. The highest BCUT2D eigenvalue weighted by molar-refractivity contribution is 6.00.